The molecule has 2 aromatic rings. The van der Waals surface area contributed by atoms with Gasteiger partial charge >= 0.3 is 0 Å². The molecule has 0 aliphatic carbocycles. The van der Waals surface area contributed by atoms with E-state index in [1.165, 1.54) is 0 Å². The molecule has 2 rings (SSSR count). The summed E-state index contributed by atoms with van der Waals surface area (Å²) >= 11 is 5.87. The highest BCUT2D eigenvalue weighted by atomic mass is 35.5. The first kappa shape index (κ1) is 15.2. The molecule has 4 nitrogen and oxygen atoms in total. The number of benzene rings is 2. The van der Waals surface area contributed by atoms with Crippen LogP contribution in [0.25, 0.3) is 0 Å². The zero-order valence-corrected chi connectivity index (χ0v) is 12.3. The Labute approximate surface area is 128 Å². The summed E-state index contributed by atoms with van der Waals surface area (Å²) in [5, 5.41) is 0.619. The van der Waals surface area contributed by atoms with Crippen LogP contribution in [-0.4, -0.2) is 26.6 Å². The maximum Gasteiger partial charge on any atom is 0.162 e. The van der Waals surface area contributed by atoms with Crippen molar-refractivity contribution in [2.75, 3.05) is 20.3 Å². The first-order valence-corrected chi connectivity index (χ1v) is 6.75. The largest absolute Gasteiger partial charge is 0.493 e. The van der Waals surface area contributed by atoms with E-state index in [9.17, 15) is 4.79 Å². The summed E-state index contributed by atoms with van der Waals surface area (Å²) < 4.78 is 16.3. The average Bonchev–Trinajstić information content (AvgIpc) is 2.51. The molecule has 0 unspecified atom stereocenters. The molecule has 0 atom stereocenters. The molecule has 0 heterocycles. The van der Waals surface area contributed by atoms with Gasteiger partial charge in [0.1, 0.15) is 25.2 Å². The van der Waals surface area contributed by atoms with Gasteiger partial charge in [-0.3, -0.25) is 4.79 Å². The number of carbonyl (C=O) groups is 1. The molecule has 0 saturated heterocycles. The van der Waals surface area contributed by atoms with Crippen molar-refractivity contribution in [3.05, 3.63) is 53.1 Å². The minimum atomic E-state index is 0.325. The van der Waals surface area contributed by atoms with E-state index in [0.717, 1.165) is 6.29 Å². The van der Waals surface area contributed by atoms with E-state index < -0.39 is 0 Å². The highest BCUT2D eigenvalue weighted by Crippen LogP contribution is 2.27. The number of rotatable bonds is 7. The Morgan fingerprint density at radius 2 is 1.86 bits per heavy atom. The first-order chi connectivity index (χ1) is 10.2. The third-order valence-electron chi connectivity index (χ3n) is 2.73. The summed E-state index contributed by atoms with van der Waals surface area (Å²) in [6.07, 6.45) is 0.759. The average molecular weight is 307 g/mol. The van der Waals surface area contributed by atoms with Crippen LogP contribution in [0.1, 0.15) is 10.4 Å². The van der Waals surface area contributed by atoms with Gasteiger partial charge in [0.2, 0.25) is 0 Å². The van der Waals surface area contributed by atoms with E-state index in [1.807, 2.05) is 12.1 Å². The van der Waals surface area contributed by atoms with Crippen molar-refractivity contribution in [3.8, 4) is 17.2 Å². The Kier molecular flexibility index (Phi) is 5.46. The number of hydrogen-bond acceptors (Lipinski definition) is 4. The maximum absolute atomic E-state index is 10.8. The summed E-state index contributed by atoms with van der Waals surface area (Å²) in [5.41, 5.74) is 0.529. The van der Waals surface area contributed by atoms with Crippen molar-refractivity contribution in [2.24, 2.45) is 0 Å². The number of ether oxygens (including phenoxy) is 3. The van der Waals surface area contributed by atoms with Crippen LogP contribution in [0.5, 0.6) is 17.2 Å². The molecule has 0 aromatic heterocycles. The third-order valence-corrected chi connectivity index (χ3v) is 2.96. The first-order valence-electron chi connectivity index (χ1n) is 6.37. The van der Waals surface area contributed by atoms with Gasteiger partial charge in [-0.1, -0.05) is 17.7 Å². The van der Waals surface area contributed by atoms with Crippen LogP contribution in [0, 0.1) is 0 Å². The molecule has 0 saturated carbocycles. The molecule has 0 spiro atoms. The standard InChI is InChI=1S/C16H15ClO4/c1-19-15-6-5-12(11-18)9-16(15)21-8-7-20-14-4-2-3-13(17)10-14/h2-6,9-11H,7-8H2,1H3. The van der Waals surface area contributed by atoms with Crippen LogP contribution < -0.4 is 14.2 Å². The molecule has 0 aliphatic heterocycles. The lowest BCUT2D eigenvalue weighted by Gasteiger charge is -2.12. The second-order valence-corrected chi connectivity index (χ2v) is 4.62. The van der Waals surface area contributed by atoms with Gasteiger partial charge < -0.3 is 14.2 Å². The Morgan fingerprint density at radius 1 is 1.05 bits per heavy atom. The van der Waals surface area contributed by atoms with Crippen molar-refractivity contribution in [2.45, 2.75) is 0 Å². The Hall–Kier alpha value is -2.20. The van der Waals surface area contributed by atoms with E-state index in [1.54, 1.807) is 37.4 Å². The van der Waals surface area contributed by atoms with Crippen molar-refractivity contribution in [3.63, 3.8) is 0 Å². The zero-order valence-electron chi connectivity index (χ0n) is 11.5. The van der Waals surface area contributed by atoms with Crippen molar-refractivity contribution in [1.29, 1.82) is 0 Å². The van der Waals surface area contributed by atoms with E-state index >= 15 is 0 Å². The van der Waals surface area contributed by atoms with Gasteiger partial charge in [-0.2, -0.15) is 0 Å². The third kappa shape index (κ3) is 4.39. The predicted octanol–water partition coefficient (Wildman–Crippen LogP) is 3.62. The fraction of sp³-hybridized carbons (Fsp3) is 0.188. The topological polar surface area (TPSA) is 44.8 Å². The van der Waals surface area contributed by atoms with Crippen LogP contribution in [0.3, 0.4) is 0 Å². The fourth-order valence-corrected chi connectivity index (χ4v) is 1.93. The Bertz CT molecular complexity index is 613. The van der Waals surface area contributed by atoms with Crippen molar-refractivity contribution >= 4 is 17.9 Å². The highest BCUT2D eigenvalue weighted by Gasteiger charge is 2.05. The Balaban J connectivity index is 1.89. The number of hydrogen-bond donors (Lipinski definition) is 0. The minimum absolute atomic E-state index is 0.325. The van der Waals surface area contributed by atoms with Crippen molar-refractivity contribution < 1.29 is 19.0 Å². The van der Waals surface area contributed by atoms with Crippen LogP contribution >= 0.6 is 11.6 Å². The second-order valence-electron chi connectivity index (χ2n) is 4.18. The summed E-state index contributed by atoms with van der Waals surface area (Å²) in [7, 11) is 1.55. The summed E-state index contributed by atoms with van der Waals surface area (Å²) in [4.78, 5) is 10.8. The van der Waals surface area contributed by atoms with E-state index in [-0.39, 0.29) is 0 Å². The van der Waals surface area contributed by atoms with E-state index in [0.29, 0.717) is 41.0 Å². The monoisotopic (exact) mass is 306 g/mol. The lowest BCUT2D eigenvalue weighted by Crippen LogP contribution is -2.09. The second kappa shape index (κ2) is 7.55. The SMILES string of the molecule is COc1ccc(C=O)cc1OCCOc1cccc(Cl)c1. The maximum atomic E-state index is 10.8. The van der Waals surface area contributed by atoms with Gasteiger partial charge in [0.25, 0.3) is 0 Å². The normalized spacial score (nSPS) is 10.0. The molecule has 0 aliphatic rings. The molecular formula is C16H15ClO4. The van der Waals surface area contributed by atoms with Gasteiger partial charge in [-0.05, 0) is 36.4 Å². The van der Waals surface area contributed by atoms with Crippen LogP contribution in [0.15, 0.2) is 42.5 Å². The molecule has 0 N–H and O–H groups in total. The molecular weight excluding hydrogens is 292 g/mol. The lowest BCUT2D eigenvalue weighted by molar-refractivity contribution is 0.112. The number of methoxy groups -OCH3 is 1. The van der Waals surface area contributed by atoms with Gasteiger partial charge in [0.05, 0.1) is 7.11 Å². The zero-order chi connectivity index (χ0) is 15.1. The summed E-state index contributed by atoms with van der Waals surface area (Å²) in [6.45, 7) is 0.681. The molecule has 0 radical (unpaired) electrons. The number of halogens is 1. The van der Waals surface area contributed by atoms with Gasteiger partial charge in [0.15, 0.2) is 11.5 Å². The van der Waals surface area contributed by atoms with Gasteiger partial charge in [0, 0.05) is 10.6 Å². The highest BCUT2D eigenvalue weighted by molar-refractivity contribution is 6.30. The van der Waals surface area contributed by atoms with Gasteiger partial charge in [-0.15, -0.1) is 0 Å². The molecule has 110 valence electrons. The molecule has 0 bridgehead atoms. The van der Waals surface area contributed by atoms with Crippen molar-refractivity contribution in [1.82, 2.24) is 0 Å². The lowest BCUT2D eigenvalue weighted by atomic mass is 10.2. The van der Waals surface area contributed by atoms with Crippen LogP contribution in [0.2, 0.25) is 5.02 Å². The van der Waals surface area contributed by atoms with Gasteiger partial charge in [-0.25, -0.2) is 0 Å². The molecule has 5 heteroatoms. The van der Waals surface area contributed by atoms with Crippen LogP contribution in [0.4, 0.5) is 0 Å². The smallest absolute Gasteiger partial charge is 0.162 e. The number of aldehydes is 1. The summed E-state index contributed by atoms with van der Waals surface area (Å²) in [6, 6.07) is 12.1. The molecule has 21 heavy (non-hydrogen) atoms. The summed E-state index contributed by atoms with van der Waals surface area (Å²) in [5.74, 6) is 1.76. The van der Waals surface area contributed by atoms with E-state index in [2.05, 4.69) is 0 Å². The fourth-order valence-electron chi connectivity index (χ4n) is 1.75. The predicted molar refractivity (Wildman–Crippen MR) is 80.8 cm³/mol. The number of carbonyl (C=O) groups excluding carboxylic acids is 1. The van der Waals surface area contributed by atoms with Crippen LogP contribution in [-0.2, 0) is 0 Å². The van der Waals surface area contributed by atoms with E-state index in [4.69, 9.17) is 25.8 Å². The molecule has 2 aromatic carbocycles. The molecule has 0 fully saturated rings. The quantitative estimate of drug-likeness (QED) is 0.579. The minimum Gasteiger partial charge on any atom is -0.493 e. The Morgan fingerprint density at radius 3 is 2.57 bits per heavy atom. The molecule has 0 amide bonds.